The van der Waals surface area contributed by atoms with E-state index < -0.39 is 35.7 Å². The molecule has 0 aliphatic carbocycles. The van der Waals surface area contributed by atoms with E-state index in [9.17, 15) is 14.4 Å². The maximum absolute atomic E-state index is 10.6. The zero-order valence-electron chi connectivity index (χ0n) is 7.85. The van der Waals surface area contributed by atoms with Gasteiger partial charge in [-0.25, -0.2) is 0 Å². The summed E-state index contributed by atoms with van der Waals surface area (Å²) in [6.07, 6.45) is -0.438. The van der Waals surface area contributed by atoms with Crippen LogP contribution in [-0.2, 0) is 14.4 Å². The molecule has 0 aliphatic heterocycles. The van der Waals surface area contributed by atoms with Gasteiger partial charge < -0.3 is 15.3 Å². The summed E-state index contributed by atoms with van der Waals surface area (Å²) in [6.45, 7) is 2.27. The van der Waals surface area contributed by atoms with Gasteiger partial charge >= 0.3 is 17.9 Å². The molecule has 0 heterocycles. The average Bonchev–Trinajstić information content (AvgIpc) is 2.02. The largest absolute Gasteiger partial charge is 0.481 e. The number of carboxylic acids is 3. The Balaban J connectivity index is 4.79. The Kier molecular flexibility index (Phi) is 3.62. The first-order valence-corrected chi connectivity index (χ1v) is 3.91. The third kappa shape index (κ3) is 2.45. The van der Waals surface area contributed by atoms with Crippen molar-refractivity contribution in [3.8, 4) is 0 Å². The van der Waals surface area contributed by atoms with Crippen LogP contribution in [-0.4, -0.2) is 33.2 Å². The number of rotatable bonds is 5. The van der Waals surface area contributed by atoms with E-state index in [-0.39, 0.29) is 0 Å². The van der Waals surface area contributed by atoms with Crippen LogP contribution in [0.1, 0.15) is 20.3 Å². The predicted molar refractivity (Wildman–Crippen MR) is 44.8 cm³/mol. The van der Waals surface area contributed by atoms with Gasteiger partial charge in [0.2, 0.25) is 0 Å². The molecule has 3 N–H and O–H groups in total. The quantitative estimate of drug-likeness (QED) is 0.554. The molecule has 0 amide bonds. The van der Waals surface area contributed by atoms with Gasteiger partial charge in [0.1, 0.15) is 0 Å². The molecule has 1 unspecified atom stereocenters. The Labute approximate surface area is 80.2 Å². The van der Waals surface area contributed by atoms with Gasteiger partial charge in [-0.15, -0.1) is 0 Å². The Morgan fingerprint density at radius 3 is 1.71 bits per heavy atom. The van der Waals surface area contributed by atoms with Crippen molar-refractivity contribution in [2.75, 3.05) is 0 Å². The molecule has 0 saturated carbocycles. The van der Waals surface area contributed by atoms with Crippen molar-refractivity contribution in [3.63, 3.8) is 0 Å². The van der Waals surface area contributed by atoms with E-state index in [0.717, 1.165) is 6.92 Å². The minimum Gasteiger partial charge on any atom is -0.481 e. The molecule has 0 aliphatic rings. The minimum atomic E-state index is -2.04. The molecule has 1 atom stereocenters. The van der Waals surface area contributed by atoms with Gasteiger partial charge in [0.15, 0.2) is 5.41 Å². The Morgan fingerprint density at radius 1 is 1.14 bits per heavy atom. The molecular formula is C8H12O6. The second-order valence-electron chi connectivity index (χ2n) is 3.39. The van der Waals surface area contributed by atoms with Crippen LogP contribution >= 0.6 is 0 Å². The van der Waals surface area contributed by atoms with E-state index >= 15 is 0 Å². The molecule has 0 rings (SSSR count). The van der Waals surface area contributed by atoms with Crippen LogP contribution in [0.2, 0.25) is 0 Å². The highest BCUT2D eigenvalue weighted by atomic mass is 16.4. The first-order chi connectivity index (χ1) is 6.21. The van der Waals surface area contributed by atoms with Crippen LogP contribution in [0.4, 0.5) is 0 Å². The maximum atomic E-state index is 10.6. The fourth-order valence-corrected chi connectivity index (χ4v) is 0.966. The van der Waals surface area contributed by atoms with Gasteiger partial charge in [-0.2, -0.15) is 0 Å². The predicted octanol–water partition coefficient (Wildman–Crippen LogP) is 0.273. The van der Waals surface area contributed by atoms with E-state index in [1.165, 1.54) is 6.92 Å². The summed E-state index contributed by atoms with van der Waals surface area (Å²) in [5.41, 5.74) is -2.04. The molecule has 0 fully saturated rings. The van der Waals surface area contributed by atoms with E-state index in [2.05, 4.69) is 0 Å². The van der Waals surface area contributed by atoms with Crippen LogP contribution in [0.25, 0.3) is 0 Å². The summed E-state index contributed by atoms with van der Waals surface area (Å²) in [4.78, 5) is 31.7. The number of hydrogen-bond acceptors (Lipinski definition) is 3. The van der Waals surface area contributed by atoms with Gasteiger partial charge in [0.05, 0.1) is 5.92 Å². The molecule has 0 saturated heterocycles. The van der Waals surface area contributed by atoms with Crippen molar-refractivity contribution in [3.05, 3.63) is 0 Å². The molecule has 0 aromatic rings. The molecule has 14 heavy (non-hydrogen) atoms. The lowest BCUT2D eigenvalue weighted by Gasteiger charge is -2.21. The summed E-state index contributed by atoms with van der Waals surface area (Å²) < 4.78 is 0. The topological polar surface area (TPSA) is 112 Å². The maximum Gasteiger partial charge on any atom is 0.320 e. The zero-order valence-corrected chi connectivity index (χ0v) is 7.85. The number of carboxylic acid groups (broad SMARTS) is 3. The summed E-state index contributed by atoms with van der Waals surface area (Å²) in [7, 11) is 0. The molecule has 80 valence electrons. The van der Waals surface area contributed by atoms with Crippen LogP contribution in [0, 0.1) is 11.3 Å². The second-order valence-corrected chi connectivity index (χ2v) is 3.39. The lowest BCUT2D eigenvalue weighted by atomic mass is 9.81. The fourth-order valence-electron chi connectivity index (χ4n) is 0.966. The summed E-state index contributed by atoms with van der Waals surface area (Å²) in [6, 6.07) is 0. The van der Waals surface area contributed by atoms with E-state index in [1.807, 2.05) is 0 Å². The SMILES string of the molecule is CC(CC(C)(C(=O)O)C(=O)O)C(=O)O. The van der Waals surface area contributed by atoms with Crippen molar-refractivity contribution >= 4 is 17.9 Å². The monoisotopic (exact) mass is 204 g/mol. The minimum absolute atomic E-state index is 0.438. The lowest BCUT2D eigenvalue weighted by Crippen LogP contribution is -2.39. The van der Waals surface area contributed by atoms with Crippen molar-refractivity contribution < 1.29 is 29.7 Å². The Morgan fingerprint density at radius 2 is 1.50 bits per heavy atom. The highest BCUT2D eigenvalue weighted by molar-refractivity contribution is 5.98. The smallest absolute Gasteiger partial charge is 0.320 e. The van der Waals surface area contributed by atoms with Crippen molar-refractivity contribution in [1.29, 1.82) is 0 Å². The zero-order chi connectivity index (χ0) is 11.5. The lowest BCUT2D eigenvalue weighted by molar-refractivity contribution is -0.165. The molecule has 0 spiro atoms. The molecule has 0 aromatic heterocycles. The molecule has 0 aromatic carbocycles. The van der Waals surface area contributed by atoms with Crippen molar-refractivity contribution in [1.82, 2.24) is 0 Å². The molecule has 0 bridgehead atoms. The van der Waals surface area contributed by atoms with Crippen LogP contribution in [0.15, 0.2) is 0 Å². The highest BCUT2D eigenvalue weighted by Gasteiger charge is 2.43. The van der Waals surface area contributed by atoms with Crippen LogP contribution < -0.4 is 0 Å². The highest BCUT2D eigenvalue weighted by Crippen LogP contribution is 2.27. The summed E-state index contributed by atoms with van der Waals surface area (Å²) in [5, 5.41) is 25.8. The Bertz CT molecular complexity index is 255. The molecule has 0 radical (unpaired) electrons. The average molecular weight is 204 g/mol. The van der Waals surface area contributed by atoms with Gasteiger partial charge in [0.25, 0.3) is 0 Å². The Hall–Kier alpha value is -1.59. The fraction of sp³-hybridized carbons (Fsp3) is 0.625. The number of aliphatic carboxylic acids is 3. The van der Waals surface area contributed by atoms with E-state index in [1.54, 1.807) is 0 Å². The van der Waals surface area contributed by atoms with Crippen molar-refractivity contribution in [2.24, 2.45) is 11.3 Å². The van der Waals surface area contributed by atoms with Crippen LogP contribution in [0.3, 0.4) is 0 Å². The summed E-state index contributed by atoms with van der Waals surface area (Å²) >= 11 is 0. The second kappa shape index (κ2) is 4.08. The first kappa shape index (κ1) is 12.4. The normalized spacial score (nSPS) is 13.3. The third-order valence-corrected chi connectivity index (χ3v) is 2.08. The first-order valence-electron chi connectivity index (χ1n) is 3.91. The van der Waals surface area contributed by atoms with Gasteiger partial charge in [-0.05, 0) is 13.3 Å². The van der Waals surface area contributed by atoms with E-state index in [4.69, 9.17) is 15.3 Å². The number of hydrogen-bond donors (Lipinski definition) is 3. The van der Waals surface area contributed by atoms with Gasteiger partial charge in [-0.1, -0.05) is 6.92 Å². The van der Waals surface area contributed by atoms with Gasteiger partial charge in [0, 0.05) is 0 Å². The standard InChI is InChI=1S/C8H12O6/c1-4(5(9)10)3-8(2,6(11)12)7(13)14/h4H,3H2,1-2H3,(H,9,10)(H,11,12)(H,13,14). The third-order valence-electron chi connectivity index (χ3n) is 2.08. The van der Waals surface area contributed by atoms with Gasteiger partial charge in [-0.3, -0.25) is 14.4 Å². The molecule has 6 heteroatoms. The molecular weight excluding hydrogens is 192 g/mol. The van der Waals surface area contributed by atoms with Crippen LogP contribution in [0.5, 0.6) is 0 Å². The van der Waals surface area contributed by atoms with Crippen molar-refractivity contribution in [2.45, 2.75) is 20.3 Å². The number of carbonyl (C=O) groups is 3. The molecule has 6 nitrogen and oxygen atoms in total. The summed E-state index contributed by atoms with van der Waals surface area (Å²) in [5.74, 6) is -5.28. The van der Waals surface area contributed by atoms with E-state index in [0.29, 0.717) is 0 Å².